The van der Waals surface area contributed by atoms with Gasteiger partial charge in [-0.1, -0.05) is 23.2 Å². The topological polar surface area (TPSA) is 38.0 Å². The van der Waals surface area contributed by atoms with E-state index in [-0.39, 0.29) is 5.82 Å². The Morgan fingerprint density at radius 3 is 2.44 bits per heavy atom. The summed E-state index contributed by atoms with van der Waals surface area (Å²) in [4.78, 5) is 0. The second-order valence-corrected chi connectivity index (χ2v) is 4.76. The van der Waals surface area contributed by atoms with Crippen LogP contribution in [0.15, 0.2) is 30.3 Å². The van der Waals surface area contributed by atoms with Crippen molar-refractivity contribution < 1.29 is 4.39 Å². The van der Waals surface area contributed by atoms with Gasteiger partial charge in [-0.05, 0) is 42.8 Å². The van der Waals surface area contributed by atoms with Gasteiger partial charge in [-0.2, -0.15) is 0 Å². The van der Waals surface area contributed by atoms with Gasteiger partial charge >= 0.3 is 0 Å². The molecule has 0 aromatic heterocycles. The van der Waals surface area contributed by atoms with E-state index in [1.165, 1.54) is 6.07 Å². The number of benzene rings is 2. The van der Waals surface area contributed by atoms with E-state index in [4.69, 9.17) is 28.9 Å². The molecule has 2 aromatic rings. The van der Waals surface area contributed by atoms with Crippen LogP contribution in [0.1, 0.15) is 5.56 Å². The van der Waals surface area contributed by atoms with Gasteiger partial charge < -0.3 is 11.1 Å². The third-order valence-electron chi connectivity index (χ3n) is 2.53. The molecule has 0 fully saturated rings. The number of aryl methyl sites for hydroxylation is 1. The lowest BCUT2D eigenvalue weighted by molar-refractivity contribution is 0.619. The van der Waals surface area contributed by atoms with E-state index in [1.54, 1.807) is 31.2 Å². The van der Waals surface area contributed by atoms with Crippen LogP contribution >= 0.6 is 23.2 Å². The number of hydrogen-bond donors (Lipinski definition) is 2. The van der Waals surface area contributed by atoms with Gasteiger partial charge in [0, 0.05) is 5.69 Å². The summed E-state index contributed by atoms with van der Waals surface area (Å²) < 4.78 is 13.1. The van der Waals surface area contributed by atoms with Crippen LogP contribution in [0.3, 0.4) is 0 Å². The van der Waals surface area contributed by atoms with Crippen molar-refractivity contribution in [3.05, 3.63) is 51.8 Å². The van der Waals surface area contributed by atoms with Crippen molar-refractivity contribution in [1.82, 2.24) is 0 Å². The lowest BCUT2D eigenvalue weighted by Gasteiger charge is -2.11. The van der Waals surface area contributed by atoms with Crippen LogP contribution in [0.5, 0.6) is 0 Å². The summed E-state index contributed by atoms with van der Waals surface area (Å²) in [6.07, 6.45) is 0. The van der Waals surface area contributed by atoms with Crippen LogP contribution in [0, 0.1) is 12.7 Å². The number of nitrogen functional groups attached to an aromatic ring is 1. The SMILES string of the molecule is Cc1cc(Nc2cc(Cl)c(Cl)cc2N)ccc1F. The Labute approximate surface area is 115 Å². The summed E-state index contributed by atoms with van der Waals surface area (Å²) in [5.41, 5.74) is 8.23. The van der Waals surface area contributed by atoms with E-state index in [9.17, 15) is 4.39 Å². The molecule has 0 saturated carbocycles. The number of rotatable bonds is 2. The van der Waals surface area contributed by atoms with Gasteiger partial charge in [0.15, 0.2) is 0 Å². The minimum Gasteiger partial charge on any atom is -0.397 e. The Balaban J connectivity index is 2.34. The quantitative estimate of drug-likeness (QED) is 0.780. The highest BCUT2D eigenvalue weighted by Gasteiger charge is 2.06. The van der Waals surface area contributed by atoms with Crippen LogP contribution in [-0.2, 0) is 0 Å². The average molecular weight is 285 g/mol. The van der Waals surface area contributed by atoms with Gasteiger partial charge in [0.2, 0.25) is 0 Å². The molecule has 0 spiro atoms. The van der Waals surface area contributed by atoms with Crippen molar-refractivity contribution in [3.8, 4) is 0 Å². The first-order valence-electron chi connectivity index (χ1n) is 5.25. The molecule has 0 unspecified atom stereocenters. The van der Waals surface area contributed by atoms with Crippen LogP contribution in [-0.4, -0.2) is 0 Å². The largest absolute Gasteiger partial charge is 0.397 e. The lowest BCUT2D eigenvalue weighted by Crippen LogP contribution is -1.97. The fraction of sp³-hybridized carbons (Fsp3) is 0.0769. The van der Waals surface area contributed by atoms with E-state index in [0.717, 1.165) is 5.69 Å². The molecule has 0 amide bonds. The summed E-state index contributed by atoms with van der Waals surface area (Å²) in [6, 6.07) is 7.92. The molecule has 5 heteroatoms. The molecule has 18 heavy (non-hydrogen) atoms. The van der Waals surface area contributed by atoms with Crippen molar-refractivity contribution >= 4 is 40.3 Å². The fourth-order valence-corrected chi connectivity index (χ4v) is 1.88. The maximum atomic E-state index is 13.1. The normalized spacial score (nSPS) is 10.4. The van der Waals surface area contributed by atoms with Gasteiger partial charge in [-0.3, -0.25) is 0 Å². The molecule has 2 nitrogen and oxygen atoms in total. The molecule has 0 heterocycles. The summed E-state index contributed by atoms with van der Waals surface area (Å²) in [7, 11) is 0. The van der Waals surface area contributed by atoms with Crippen LogP contribution in [0.2, 0.25) is 10.0 Å². The summed E-state index contributed by atoms with van der Waals surface area (Å²) in [6.45, 7) is 1.69. The molecule has 2 aromatic carbocycles. The molecular weight excluding hydrogens is 274 g/mol. The summed E-state index contributed by atoms with van der Waals surface area (Å²) in [5.74, 6) is -0.248. The third kappa shape index (κ3) is 2.68. The van der Waals surface area contributed by atoms with Crippen LogP contribution in [0.4, 0.5) is 21.5 Å². The Morgan fingerprint density at radius 2 is 1.78 bits per heavy atom. The average Bonchev–Trinajstić information content (AvgIpc) is 2.31. The first-order valence-corrected chi connectivity index (χ1v) is 6.00. The predicted octanol–water partition coefficient (Wildman–Crippen LogP) is 4.77. The second kappa shape index (κ2) is 5.04. The minimum absolute atomic E-state index is 0.248. The van der Waals surface area contributed by atoms with Crippen LogP contribution < -0.4 is 11.1 Å². The van der Waals surface area contributed by atoms with Crippen molar-refractivity contribution in [2.45, 2.75) is 6.92 Å². The third-order valence-corrected chi connectivity index (χ3v) is 3.25. The van der Waals surface area contributed by atoms with E-state index >= 15 is 0 Å². The molecule has 94 valence electrons. The van der Waals surface area contributed by atoms with E-state index < -0.39 is 0 Å². The van der Waals surface area contributed by atoms with Gasteiger partial charge in [0.25, 0.3) is 0 Å². The highest BCUT2D eigenvalue weighted by Crippen LogP contribution is 2.32. The molecule has 3 N–H and O–H groups in total. The fourth-order valence-electron chi connectivity index (χ4n) is 1.55. The smallest absolute Gasteiger partial charge is 0.126 e. The Bertz CT molecular complexity index is 600. The number of nitrogens with one attached hydrogen (secondary N) is 1. The van der Waals surface area contributed by atoms with Crippen molar-refractivity contribution in [1.29, 1.82) is 0 Å². The van der Waals surface area contributed by atoms with E-state index in [0.29, 0.717) is 27.0 Å². The van der Waals surface area contributed by atoms with E-state index in [2.05, 4.69) is 5.32 Å². The highest BCUT2D eigenvalue weighted by molar-refractivity contribution is 6.42. The molecule has 0 bridgehead atoms. The monoisotopic (exact) mass is 284 g/mol. The summed E-state index contributed by atoms with van der Waals surface area (Å²) >= 11 is 11.8. The first kappa shape index (κ1) is 13.0. The minimum atomic E-state index is -0.248. The molecule has 0 aliphatic heterocycles. The molecule has 0 saturated heterocycles. The zero-order valence-corrected chi connectivity index (χ0v) is 11.1. The number of nitrogens with two attached hydrogens (primary N) is 1. The summed E-state index contributed by atoms with van der Waals surface area (Å²) in [5, 5.41) is 3.88. The molecule has 0 aliphatic carbocycles. The molecule has 2 rings (SSSR count). The Kier molecular flexibility index (Phi) is 3.64. The zero-order chi connectivity index (χ0) is 13.3. The maximum Gasteiger partial charge on any atom is 0.126 e. The van der Waals surface area contributed by atoms with E-state index in [1.807, 2.05) is 0 Å². The van der Waals surface area contributed by atoms with Gasteiger partial charge in [0.05, 0.1) is 21.4 Å². The first-order chi connectivity index (χ1) is 8.47. The molecule has 0 atom stereocenters. The van der Waals surface area contributed by atoms with Crippen molar-refractivity contribution in [2.24, 2.45) is 0 Å². The molecule has 0 radical (unpaired) electrons. The van der Waals surface area contributed by atoms with Crippen LogP contribution in [0.25, 0.3) is 0 Å². The second-order valence-electron chi connectivity index (χ2n) is 3.94. The van der Waals surface area contributed by atoms with Gasteiger partial charge in [-0.25, -0.2) is 4.39 Å². The molecule has 0 aliphatic rings. The standard InChI is InChI=1S/C13H11Cl2FN2/c1-7-4-8(2-3-11(7)16)18-13-6-10(15)9(14)5-12(13)17/h2-6,18H,17H2,1H3. The zero-order valence-electron chi connectivity index (χ0n) is 9.60. The van der Waals surface area contributed by atoms with Gasteiger partial charge in [-0.15, -0.1) is 0 Å². The predicted molar refractivity (Wildman–Crippen MR) is 75.3 cm³/mol. The van der Waals surface area contributed by atoms with Gasteiger partial charge in [0.1, 0.15) is 5.82 Å². The molecular formula is C13H11Cl2FN2. The van der Waals surface area contributed by atoms with Crippen molar-refractivity contribution in [2.75, 3.05) is 11.1 Å². The Morgan fingerprint density at radius 1 is 1.11 bits per heavy atom. The Hall–Kier alpha value is -1.45. The van der Waals surface area contributed by atoms with Crippen molar-refractivity contribution in [3.63, 3.8) is 0 Å². The number of halogens is 3. The maximum absolute atomic E-state index is 13.1. The lowest BCUT2D eigenvalue weighted by atomic mass is 10.2. The highest BCUT2D eigenvalue weighted by atomic mass is 35.5. The number of anilines is 3. The number of hydrogen-bond acceptors (Lipinski definition) is 2.